The van der Waals surface area contributed by atoms with Crippen LogP contribution in [0.2, 0.25) is 0 Å². The van der Waals surface area contributed by atoms with Gasteiger partial charge < -0.3 is 9.47 Å². The molecule has 2 aromatic rings. The van der Waals surface area contributed by atoms with E-state index in [-0.39, 0.29) is 47.9 Å². The van der Waals surface area contributed by atoms with Crippen molar-refractivity contribution in [3.63, 3.8) is 0 Å². The number of carbonyl (C=O) groups excluding carboxylic acids is 3. The van der Waals surface area contributed by atoms with Crippen LogP contribution in [0.25, 0.3) is 0 Å². The first-order chi connectivity index (χ1) is 15.6. The van der Waals surface area contributed by atoms with Gasteiger partial charge in [-0.05, 0) is 66.5 Å². The van der Waals surface area contributed by atoms with Crippen molar-refractivity contribution in [2.75, 3.05) is 18.6 Å². The lowest BCUT2D eigenvalue weighted by atomic mass is 9.63. The number of allylic oxidation sites excluding steroid dienone is 2. The number of Topliss-reactive ketones (excluding diaryl/α,β-unsaturated/α-hetero) is 1. The molecule has 4 aliphatic carbocycles. The smallest absolute Gasteiger partial charge is 0.238 e. The summed E-state index contributed by atoms with van der Waals surface area (Å²) in [5, 5.41) is 0. The number of nitrogens with zero attached hydrogens (tertiary/aromatic N) is 1. The number of ether oxygens (including phenoxy) is 2. The van der Waals surface area contributed by atoms with Gasteiger partial charge in [-0.25, -0.2) is 0 Å². The molecule has 1 heterocycles. The van der Waals surface area contributed by atoms with Crippen molar-refractivity contribution < 1.29 is 23.9 Å². The lowest BCUT2D eigenvalue weighted by Gasteiger charge is -2.37. The van der Waals surface area contributed by atoms with Gasteiger partial charge in [0.1, 0.15) is 11.5 Å². The fraction of sp³-hybridized carbons (Fsp3) is 0.346. The Morgan fingerprint density at radius 1 is 0.938 bits per heavy atom. The molecule has 5 aliphatic rings. The predicted molar refractivity (Wildman–Crippen MR) is 116 cm³/mol. The van der Waals surface area contributed by atoms with Gasteiger partial charge in [0.15, 0.2) is 12.4 Å². The summed E-state index contributed by atoms with van der Waals surface area (Å²) in [6, 6.07) is 13.7. The number of hydrogen-bond donors (Lipinski definition) is 0. The average molecular weight is 429 g/mol. The molecule has 2 bridgehead atoms. The molecule has 7 rings (SSSR count). The number of rotatable bonds is 6. The molecule has 32 heavy (non-hydrogen) atoms. The van der Waals surface area contributed by atoms with Crippen LogP contribution in [0, 0.1) is 35.5 Å². The van der Waals surface area contributed by atoms with E-state index in [4.69, 9.17) is 9.47 Å². The van der Waals surface area contributed by atoms with Crippen LogP contribution in [0.4, 0.5) is 5.69 Å². The number of ketones is 1. The zero-order valence-electron chi connectivity index (χ0n) is 17.6. The third kappa shape index (κ3) is 2.82. The highest BCUT2D eigenvalue weighted by Crippen LogP contribution is 2.65. The van der Waals surface area contributed by atoms with E-state index in [1.54, 1.807) is 55.6 Å². The highest BCUT2D eigenvalue weighted by Gasteiger charge is 2.67. The van der Waals surface area contributed by atoms with Crippen LogP contribution in [0.3, 0.4) is 0 Å². The fourth-order valence-corrected chi connectivity index (χ4v) is 5.93. The van der Waals surface area contributed by atoms with Crippen molar-refractivity contribution >= 4 is 23.3 Å². The normalized spacial score (nSPS) is 31.3. The Morgan fingerprint density at radius 2 is 1.59 bits per heavy atom. The minimum Gasteiger partial charge on any atom is -0.497 e. The number of methoxy groups -OCH3 is 1. The van der Waals surface area contributed by atoms with E-state index >= 15 is 0 Å². The highest BCUT2D eigenvalue weighted by molar-refractivity contribution is 6.22. The summed E-state index contributed by atoms with van der Waals surface area (Å²) in [5.74, 6) is 1.97. The molecule has 1 aliphatic heterocycles. The molecule has 162 valence electrons. The highest BCUT2D eigenvalue weighted by atomic mass is 16.5. The van der Waals surface area contributed by atoms with Crippen LogP contribution < -0.4 is 14.4 Å². The molecule has 0 aromatic heterocycles. The molecule has 0 radical (unpaired) electrons. The number of carbonyl (C=O) groups is 3. The molecule has 6 heteroatoms. The topological polar surface area (TPSA) is 72.9 Å². The van der Waals surface area contributed by atoms with E-state index in [1.807, 2.05) is 0 Å². The SMILES string of the molecule is COc1cccc(C(=O)COc2ccc(N3C(=O)[C@@H]4[C@H]5C=C[C@@H]([C@@H]6C[C@H]56)[C@H]4C3=O)cc2)c1. The zero-order chi connectivity index (χ0) is 22.0. The third-order valence-electron chi connectivity index (χ3n) is 7.52. The molecule has 0 unspecified atom stereocenters. The Bertz CT molecular complexity index is 1120. The number of hydrogen-bond acceptors (Lipinski definition) is 5. The average Bonchev–Trinajstić information content (AvgIpc) is 3.61. The lowest BCUT2D eigenvalue weighted by Crippen LogP contribution is -2.40. The molecular weight excluding hydrogens is 406 g/mol. The molecule has 0 spiro atoms. The summed E-state index contributed by atoms with van der Waals surface area (Å²) in [7, 11) is 1.55. The van der Waals surface area contributed by atoms with Gasteiger partial charge in [0.2, 0.25) is 11.8 Å². The molecule has 0 N–H and O–H groups in total. The van der Waals surface area contributed by atoms with Gasteiger partial charge in [-0.1, -0.05) is 24.3 Å². The zero-order valence-corrected chi connectivity index (χ0v) is 17.6. The Kier molecular flexibility index (Phi) is 4.25. The molecule has 1 saturated heterocycles. The quantitative estimate of drug-likeness (QED) is 0.399. The first kappa shape index (κ1) is 19.3. The maximum absolute atomic E-state index is 13.2. The number of benzene rings is 2. The maximum Gasteiger partial charge on any atom is 0.238 e. The Labute approximate surface area is 185 Å². The molecule has 2 amide bonds. The number of imide groups is 1. The lowest BCUT2D eigenvalue weighted by molar-refractivity contribution is -0.124. The second-order valence-electron chi connectivity index (χ2n) is 9.10. The van der Waals surface area contributed by atoms with E-state index in [0.717, 1.165) is 6.42 Å². The van der Waals surface area contributed by atoms with E-state index < -0.39 is 0 Å². The Hall–Kier alpha value is -3.41. The molecule has 2 saturated carbocycles. The third-order valence-corrected chi connectivity index (χ3v) is 7.52. The summed E-state index contributed by atoms with van der Waals surface area (Å²) in [6.45, 7) is -0.115. The first-order valence-electron chi connectivity index (χ1n) is 11.0. The summed E-state index contributed by atoms with van der Waals surface area (Å²) in [4.78, 5) is 40.2. The van der Waals surface area contributed by atoms with Crippen LogP contribution in [0.15, 0.2) is 60.7 Å². The van der Waals surface area contributed by atoms with E-state index in [0.29, 0.717) is 34.6 Å². The van der Waals surface area contributed by atoms with E-state index in [2.05, 4.69) is 12.2 Å². The molecular formula is C26H23NO5. The van der Waals surface area contributed by atoms with E-state index in [9.17, 15) is 14.4 Å². The number of anilines is 1. The summed E-state index contributed by atoms with van der Waals surface area (Å²) in [6.07, 6.45) is 5.49. The molecule has 6 atom stereocenters. The maximum atomic E-state index is 13.2. The van der Waals surface area contributed by atoms with Crippen molar-refractivity contribution in [3.8, 4) is 11.5 Å². The minimum atomic E-state index is -0.210. The predicted octanol–water partition coefficient (Wildman–Crippen LogP) is 3.51. The molecule has 6 nitrogen and oxygen atoms in total. The van der Waals surface area contributed by atoms with E-state index in [1.165, 1.54) is 4.90 Å². The second-order valence-corrected chi connectivity index (χ2v) is 9.10. The number of amides is 2. The van der Waals surface area contributed by atoms with Crippen molar-refractivity contribution in [2.45, 2.75) is 6.42 Å². The van der Waals surface area contributed by atoms with Gasteiger partial charge in [-0.15, -0.1) is 0 Å². The monoisotopic (exact) mass is 429 g/mol. The van der Waals surface area contributed by atoms with Crippen molar-refractivity contribution in [1.82, 2.24) is 0 Å². The first-order valence-corrected chi connectivity index (χ1v) is 11.0. The van der Waals surface area contributed by atoms with Gasteiger partial charge in [0.05, 0.1) is 24.6 Å². The largest absolute Gasteiger partial charge is 0.497 e. The van der Waals surface area contributed by atoms with Gasteiger partial charge in [-0.2, -0.15) is 0 Å². The second kappa shape index (κ2) is 7.05. The minimum absolute atomic E-state index is 0.0772. The van der Waals surface area contributed by atoms with Crippen molar-refractivity contribution in [1.29, 1.82) is 0 Å². The molecule has 3 fully saturated rings. The van der Waals surface area contributed by atoms with Crippen LogP contribution in [-0.4, -0.2) is 31.3 Å². The van der Waals surface area contributed by atoms with Gasteiger partial charge in [0.25, 0.3) is 0 Å². The fourth-order valence-electron chi connectivity index (χ4n) is 5.93. The van der Waals surface area contributed by atoms with Gasteiger partial charge in [0, 0.05) is 5.56 Å². The van der Waals surface area contributed by atoms with Gasteiger partial charge >= 0.3 is 0 Å². The summed E-state index contributed by atoms with van der Waals surface area (Å²) in [5.41, 5.74) is 1.08. The Balaban J connectivity index is 1.15. The van der Waals surface area contributed by atoms with Crippen LogP contribution in [-0.2, 0) is 9.59 Å². The van der Waals surface area contributed by atoms with Crippen LogP contribution >= 0.6 is 0 Å². The van der Waals surface area contributed by atoms with Crippen LogP contribution in [0.5, 0.6) is 11.5 Å². The molecule has 2 aromatic carbocycles. The summed E-state index contributed by atoms with van der Waals surface area (Å²) < 4.78 is 10.8. The standard InChI is InChI=1S/C26H23NO5/c1-31-17-4-2-3-14(11-17)22(28)13-32-16-7-5-15(6-8-16)27-25(29)23-18-9-10-19(21-12-20(18)21)24(23)26(27)30/h2-11,18-21,23-24H,12-13H2,1H3/t18-,19-,20-,21+,23+,24+/m0/s1. The van der Waals surface area contributed by atoms with Gasteiger partial charge in [-0.3, -0.25) is 19.3 Å². The summed E-state index contributed by atoms with van der Waals surface area (Å²) >= 11 is 0. The Morgan fingerprint density at radius 3 is 2.22 bits per heavy atom. The van der Waals surface area contributed by atoms with Crippen molar-refractivity contribution in [2.24, 2.45) is 35.5 Å². The van der Waals surface area contributed by atoms with Crippen molar-refractivity contribution in [3.05, 3.63) is 66.2 Å². The van der Waals surface area contributed by atoms with Crippen LogP contribution in [0.1, 0.15) is 16.8 Å².